The van der Waals surface area contributed by atoms with Gasteiger partial charge >= 0.3 is 0 Å². The number of rotatable bonds is 3. The van der Waals surface area contributed by atoms with Crippen molar-refractivity contribution in [3.63, 3.8) is 0 Å². The van der Waals surface area contributed by atoms with Gasteiger partial charge in [0.1, 0.15) is 0 Å². The normalized spacial score (nSPS) is 18.5. The van der Waals surface area contributed by atoms with Crippen LogP contribution in [0.5, 0.6) is 0 Å². The fourth-order valence-corrected chi connectivity index (χ4v) is 11.3. The van der Waals surface area contributed by atoms with Gasteiger partial charge in [-0.2, -0.15) is 0 Å². The molecule has 104 valence electrons. The first-order chi connectivity index (χ1) is 9.56. The Balaban J connectivity index is 2.08. The second kappa shape index (κ2) is 5.94. The summed E-state index contributed by atoms with van der Waals surface area (Å²) >= 11 is 9.59. The van der Waals surface area contributed by atoms with Crippen molar-refractivity contribution in [1.29, 1.82) is 0 Å². The SMILES string of the molecule is CC1=CC=C(P(c2ccc(C)s2)c2ccc(C)s2)S1=S. The quantitative estimate of drug-likeness (QED) is 0.720. The Kier molecular flexibility index (Phi) is 4.40. The van der Waals surface area contributed by atoms with Crippen LogP contribution in [0, 0.1) is 13.8 Å². The third kappa shape index (κ3) is 2.77. The summed E-state index contributed by atoms with van der Waals surface area (Å²) in [4.78, 5) is 4.10. The Labute approximate surface area is 136 Å². The van der Waals surface area contributed by atoms with E-state index in [1.54, 1.807) is 0 Å². The minimum Gasteiger partial charge on any atom is -0.140 e. The zero-order chi connectivity index (χ0) is 14.3. The van der Waals surface area contributed by atoms with E-state index in [1.807, 2.05) is 22.7 Å². The molecule has 0 bridgehead atoms. The van der Waals surface area contributed by atoms with Crippen LogP contribution >= 0.6 is 30.6 Å². The van der Waals surface area contributed by atoms with Crippen molar-refractivity contribution < 1.29 is 0 Å². The maximum atomic E-state index is 5.75. The highest BCUT2D eigenvalue weighted by Gasteiger charge is 2.26. The first-order valence-corrected chi connectivity index (χ1v) is 11.4. The van der Waals surface area contributed by atoms with Crippen LogP contribution in [0.1, 0.15) is 16.7 Å². The molecule has 0 radical (unpaired) electrons. The van der Waals surface area contributed by atoms with Crippen molar-refractivity contribution in [2.75, 3.05) is 0 Å². The molecule has 20 heavy (non-hydrogen) atoms. The summed E-state index contributed by atoms with van der Waals surface area (Å²) in [5.74, 6) is 0. The van der Waals surface area contributed by atoms with Crippen molar-refractivity contribution in [2.45, 2.75) is 20.8 Å². The van der Waals surface area contributed by atoms with Gasteiger partial charge in [0.15, 0.2) is 0 Å². The van der Waals surface area contributed by atoms with E-state index in [0.29, 0.717) is 0 Å². The van der Waals surface area contributed by atoms with Gasteiger partial charge in [0.05, 0.1) is 0 Å². The summed E-state index contributed by atoms with van der Waals surface area (Å²) in [7, 11) is -0.542. The predicted octanol–water partition coefficient (Wildman–Crippen LogP) is 4.70. The van der Waals surface area contributed by atoms with Crippen LogP contribution in [0.3, 0.4) is 0 Å². The lowest BCUT2D eigenvalue weighted by molar-refractivity contribution is 1.64. The molecule has 0 nitrogen and oxygen atoms in total. The second-order valence-electron chi connectivity index (χ2n) is 4.65. The number of thiophene rings is 2. The van der Waals surface area contributed by atoms with Crippen LogP contribution < -0.4 is 9.24 Å². The molecule has 0 N–H and O–H groups in total. The lowest BCUT2D eigenvalue weighted by Gasteiger charge is -2.17. The molecule has 0 saturated heterocycles. The predicted molar refractivity (Wildman–Crippen MR) is 101 cm³/mol. The van der Waals surface area contributed by atoms with Crippen LogP contribution in [0.25, 0.3) is 0 Å². The minimum absolute atomic E-state index is 0.120. The van der Waals surface area contributed by atoms with Crippen LogP contribution in [-0.2, 0) is 20.6 Å². The Morgan fingerprint density at radius 2 is 1.45 bits per heavy atom. The van der Waals surface area contributed by atoms with Gasteiger partial charge in [-0.25, -0.2) is 0 Å². The summed E-state index contributed by atoms with van der Waals surface area (Å²) in [6, 6.07) is 9.05. The standard InChI is InChI=1S/C15H15PS4/c1-10-4-7-13(18-10)16(14-8-5-11(2)19-14)15-9-6-12(3)20(15)17/h4-9H,1-3H3. The average Bonchev–Trinajstić information content (AvgIpc) is 3.09. The Morgan fingerprint density at radius 3 is 1.80 bits per heavy atom. The van der Waals surface area contributed by atoms with Crippen molar-refractivity contribution in [3.8, 4) is 0 Å². The van der Waals surface area contributed by atoms with Crippen molar-refractivity contribution in [1.82, 2.24) is 0 Å². The van der Waals surface area contributed by atoms with Gasteiger partial charge in [0.2, 0.25) is 0 Å². The highest BCUT2D eigenvalue weighted by Crippen LogP contribution is 2.50. The minimum atomic E-state index is -0.422. The highest BCUT2D eigenvalue weighted by molar-refractivity contribution is 8.36. The van der Waals surface area contributed by atoms with E-state index in [0.717, 1.165) is 0 Å². The first kappa shape index (κ1) is 14.8. The van der Waals surface area contributed by atoms with Gasteiger partial charge in [0, 0.05) is 31.6 Å². The van der Waals surface area contributed by atoms with E-state index < -0.39 is 7.92 Å². The smallest absolute Gasteiger partial charge is 0.0385 e. The number of aryl methyl sites for hydroxylation is 2. The van der Waals surface area contributed by atoms with Gasteiger partial charge in [-0.1, -0.05) is 15.5 Å². The third-order valence-corrected chi connectivity index (χ3v) is 12.1. The lowest BCUT2D eigenvalue weighted by atomic mass is 10.5. The van der Waals surface area contributed by atoms with E-state index in [1.165, 1.54) is 28.5 Å². The summed E-state index contributed by atoms with van der Waals surface area (Å²) in [5, 5.41) is 0. The largest absolute Gasteiger partial charge is 0.140 e. The summed E-state index contributed by atoms with van der Waals surface area (Å²) < 4.78 is 4.42. The molecule has 3 rings (SSSR count). The molecule has 0 saturated carbocycles. The van der Waals surface area contributed by atoms with Gasteiger partial charge in [-0.05, 0) is 67.2 Å². The molecule has 0 fully saturated rings. The number of hydrogen-bond acceptors (Lipinski definition) is 3. The average molecular weight is 355 g/mol. The Morgan fingerprint density at radius 1 is 0.900 bits per heavy atom. The zero-order valence-corrected chi connectivity index (χ0v) is 15.7. The topological polar surface area (TPSA) is 0 Å². The maximum absolute atomic E-state index is 5.75. The van der Waals surface area contributed by atoms with E-state index in [2.05, 4.69) is 57.2 Å². The first-order valence-electron chi connectivity index (χ1n) is 6.29. The zero-order valence-electron chi connectivity index (χ0n) is 11.5. The second-order valence-corrected chi connectivity index (χ2v) is 12.9. The van der Waals surface area contributed by atoms with Gasteiger partial charge in [-0.15, -0.1) is 22.7 Å². The summed E-state index contributed by atoms with van der Waals surface area (Å²) in [6.45, 7) is 6.52. The fourth-order valence-electron chi connectivity index (χ4n) is 2.04. The fraction of sp³-hybridized carbons (Fsp3) is 0.200. The molecule has 1 aliphatic rings. The van der Waals surface area contributed by atoms with E-state index in [4.69, 9.17) is 11.2 Å². The Hall–Kier alpha value is -0.120. The highest BCUT2D eigenvalue weighted by atomic mass is 32.8. The van der Waals surface area contributed by atoms with E-state index >= 15 is 0 Å². The van der Waals surface area contributed by atoms with Crippen LogP contribution in [0.4, 0.5) is 0 Å². The van der Waals surface area contributed by atoms with E-state index in [-0.39, 0.29) is 9.45 Å². The number of hydrogen-bond donors (Lipinski definition) is 0. The van der Waals surface area contributed by atoms with Crippen LogP contribution in [0.15, 0.2) is 46.0 Å². The molecule has 0 aliphatic carbocycles. The van der Waals surface area contributed by atoms with Crippen molar-refractivity contribution >= 4 is 60.5 Å². The maximum Gasteiger partial charge on any atom is 0.0385 e. The molecule has 0 aromatic carbocycles. The van der Waals surface area contributed by atoms with Crippen LogP contribution in [-0.4, -0.2) is 0 Å². The van der Waals surface area contributed by atoms with Crippen molar-refractivity contribution in [2.24, 2.45) is 0 Å². The number of allylic oxidation sites excluding steroid dienone is 3. The molecule has 1 aliphatic heterocycles. The van der Waals surface area contributed by atoms with Gasteiger partial charge in [-0.3, -0.25) is 0 Å². The molecule has 1 unspecified atom stereocenters. The molecule has 5 heteroatoms. The monoisotopic (exact) mass is 354 g/mol. The van der Waals surface area contributed by atoms with Gasteiger partial charge in [0.25, 0.3) is 0 Å². The molecular formula is C15H15PS4. The molecule has 3 heterocycles. The molecule has 2 aromatic rings. The molecule has 2 aromatic heterocycles. The summed E-state index contributed by atoms with van der Waals surface area (Å²) in [6.07, 6.45) is 4.49. The molecule has 0 spiro atoms. The Bertz CT molecular complexity index is 692. The molecule has 0 amide bonds. The van der Waals surface area contributed by atoms with Crippen LogP contribution in [0.2, 0.25) is 0 Å². The van der Waals surface area contributed by atoms with Gasteiger partial charge < -0.3 is 0 Å². The van der Waals surface area contributed by atoms with Crippen molar-refractivity contribution in [3.05, 3.63) is 55.7 Å². The molecule has 1 atom stereocenters. The lowest BCUT2D eigenvalue weighted by Crippen LogP contribution is -2.08. The van der Waals surface area contributed by atoms with E-state index in [9.17, 15) is 0 Å². The molecular weight excluding hydrogens is 339 g/mol. The summed E-state index contributed by atoms with van der Waals surface area (Å²) in [5.41, 5.74) is 0. The third-order valence-electron chi connectivity index (χ3n) is 3.06.